The average Bonchev–Trinajstić information content (AvgIpc) is 3.06. The van der Waals surface area contributed by atoms with Crippen molar-refractivity contribution >= 4 is 17.5 Å². The van der Waals surface area contributed by atoms with Crippen LogP contribution in [0.5, 0.6) is 5.75 Å². The first kappa shape index (κ1) is 19.3. The molecule has 0 aliphatic carbocycles. The summed E-state index contributed by atoms with van der Waals surface area (Å²) in [5.41, 5.74) is -0.258. The van der Waals surface area contributed by atoms with Crippen molar-refractivity contribution in [3.63, 3.8) is 0 Å². The number of hydrogen-bond acceptors (Lipinski definition) is 5. The van der Waals surface area contributed by atoms with Gasteiger partial charge in [0.25, 0.3) is 11.8 Å². The highest BCUT2D eigenvalue weighted by Gasteiger charge is 2.31. The van der Waals surface area contributed by atoms with E-state index >= 15 is 0 Å². The minimum absolute atomic E-state index is 0.0187. The van der Waals surface area contributed by atoms with Gasteiger partial charge < -0.3 is 15.4 Å². The molecule has 0 fully saturated rings. The van der Waals surface area contributed by atoms with E-state index in [4.69, 9.17) is 4.74 Å². The van der Waals surface area contributed by atoms with Crippen LogP contribution in [-0.4, -0.2) is 39.2 Å². The van der Waals surface area contributed by atoms with Crippen LogP contribution in [-0.2, 0) is 11.2 Å². The average molecular weight is 405 g/mol. The van der Waals surface area contributed by atoms with Crippen LogP contribution in [0, 0.1) is 11.6 Å². The van der Waals surface area contributed by atoms with Gasteiger partial charge in [0.15, 0.2) is 5.82 Å². The summed E-state index contributed by atoms with van der Waals surface area (Å²) in [6.07, 6.45) is 4.68. The molecular formula is C19H21F2N5O3. The van der Waals surface area contributed by atoms with Gasteiger partial charge in [-0.2, -0.15) is 0 Å². The van der Waals surface area contributed by atoms with Crippen molar-refractivity contribution in [2.45, 2.75) is 51.1 Å². The second kappa shape index (κ2) is 7.76. The Morgan fingerprint density at radius 2 is 2.24 bits per heavy atom. The molecule has 2 aromatic rings. The predicted molar refractivity (Wildman–Crippen MR) is 98.6 cm³/mol. The molecule has 2 aliphatic rings. The third kappa shape index (κ3) is 3.79. The van der Waals surface area contributed by atoms with Gasteiger partial charge in [0.1, 0.15) is 35.7 Å². The van der Waals surface area contributed by atoms with Gasteiger partial charge in [-0.15, -0.1) is 5.10 Å². The lowest BCUT2D eigenvalue weighted by Crippen LogP contribution is -2.46. The summed E-state index contributed by atoms with van der Waals surface area (Å²) < 4.78 is 34.5. The Hall–Kier alpha value is -3.04. The van der Waals surface area contributed by atoms with Crippen LogP contribution in [0.4, 0.5) is 14.5 Å². The zero-order chi connectivity index (χ0) is 20.5. The number of hydrogen-bond donors (Lipinski definition) is 2. The van der Waals surface area contributed by atoms with Gasteiger partial charge in [0.05, 0.1) is 6.04 Å². The predicted octanol–water partition coefficient (Wildman–Crippen LogP) is 2.36. The molecule has 2 amide bonds. The van der Waals surface area contributed by atoms with Crippen molar-refractivity contribution in [3.8, 4) is 5.75 Å². The molecule has 0 bridgehead atoms. The maximum Gasteiger partial charge on any atom is 0.291 e. The summed E-state index contributed by atoms with van der Waals surface area (Å²) >= 11 is 0. The van der Waals surface area contributed by atoms with Crippen molar-refractivity contribution in [3.05, 3.63) is 35.4 Å². The lowest BCUT2D eigenvalue weighted by Gasteiger charge is -2.22. The van der Waals surface area contributed by atoms with Crippen LogP contribution in [0.3, 0.4) is 0 Å². The van der Waals surface area contributed by atoms with E-state index in [0.717, 1.165) is 44.0 Å². The molecule has 1 aromatic heterocycles. The van der Waals surface area contributed by atoms with Gasteiger partial charge in [-0.25, -0.2) is 18.4 Å². The number of nitrogens with one attached hydrogen (secondary N) is 2. The van der Waals surface area contributed by atoms with Crippen LogP contribution >= 0.6 is 0 Å². The van der Waals surface area contributed by atoms with Crippen LogP contribution in [0.25, 0.3) is 0 Å². The van der Waals surface area contributed by atoms with Crippen molar-refractivity contribution < 1.29 is 23.1 Å². The van der Waals surface area contributed by atoms with E-state index in [9.17, 15) is 18.4 Å². The van der Waals surface area contributed by atoms with Crippen LogP contribution in [0.2, 0.25) is 0 Å². The fourth-order valence-electron chi connectivity index (χ4n) is 3.71. The monoisotopic (exact) mass is 405 g/mol. The fourth-order valence-corrected chi connectivity index (χ4v) is 3.71. The van der Waals surface area contributed by atoms with Gasteiger partial charge in [-0.05, 0) is 19.3 Å². The number of ether oxygens (including phenoxy) is 1. The van der Waals surface area contributed by atoms with Gasteiger partial charge in [-0.1, -0.05) is 13.3 Å². The number of anilines is 1. The summed E-state index contributed by atoms with van der Waals surface area (Å²) in [6.45, 7) is 1.82. The highest BCUT2D eigenvalue weighted by molar-refractivity contribution is 6.01. The summed E-state index contributed by atoms with van der Waals surface area (Å²) in [5, 5.41) is 9.19. The Morgan fingerprint density at radius 3 is 3.03 bits per heavy atom. The Morgan fingerprint density at radius 1 is 1.41 bits per heavy atom. The van der Waals surface area contributed by atoms with Gasteiger partial charge >= 0.3 is 0 Å². The second-order valence-corrected chi connectivity index (χ2v) is 7.22. The standard InChI is InChI=1S/C19H21F2N5O3/c1-2-4-11-5-3-6-15-23-17(25-26(11)15)19(28)22-13-9-29-14-8-10(20)7-12(21)16(14)24-18(13)27/h7-8,11,13H,2-6,9H2,1H3,(H,22,28)(H,24,27). The Bertz CT molecular complexity index is 962. The number of carbonyl (C=O) groups is 2. The minimum Gasteiger partial charge on any atom is -0.488 e. The topological polar surface area (TPSA) is 98.1 Å². The zero-order valence-electron chi connectivity index (χ0n) is 15.9. The normalized spacial score (nSPS) is 20.7. The number of benzene rings is 1. The first-order chi connectivity index (χ1) is 14.0. The number of amides is 2. The van der Waals surface area contributed by atoms with E-state index < -0.39 is 29.5 Å². The molecular weight excluding hydrogens is 384 g/mol. The number of fused-ring (bicyclic) bond motifs is 2. The Labute approximate surface area is 165 Å². The molecule has 2 aliphatic heterocycles. The molecule has 2 unspecified atom stereocenters. The quantitative estimate of drug-likeness (QED) is 0.814. The maximum atomic E-state index is 13.9. The Kier molecular flexibility index (Phi) is 5.16. The third-order valence-electron chi connectivity index (χ3n) is 5.10. The van der Waals surface area contributed by atoms with Crippen molar-refractivity contribution in [2.24, 2.45) is 0 Å². The number of nitrogens with zero attached hydrogens (tertiary/aromatic N) is 3. The summed E-state index contributed by atoms with van der Waals surface area (Å²) in [5.74, 6) is -2.47. The molecule has 29 heavy (non-hydrogen) atoms. The maximum absolute atomic E-state index is 13.9. The number of aryl methyl sites for hydroxylation is 1. The Balaban J connectivity index is 1.49. The SMILES string of the molecule is CCCC1CCCc2nc(C(=O)NC3COc4cc(F)cc(F)c4NC3=O)nn21. The fraction of sp³-hybridized carbons (Fsp3) is 0.474. The van der Waals surface area contributed by atoms with Crippen molar-refractivity contribution in [1.29, 1.82) is 0 Å². The van der Waals surface area contributed by atoms with Crippen molar-refractivity contribution in [1.82, 2.24) is 20.1 Å². The molecule has 154 valence electrons. The number of rotatable bonds is 4. The zero-order valence-corrected chi connectivity index (χ0v) is 15.9. The van der Waals surface area contributed by atoms with E-state index in [-0.39, 0.29) is 29.9 Å². The molecule has 0 spiro atoms. The molecule has 10 heteroatoms. The number of carbonyl (C=O) groups excluding carboxylic acids is 2. The van der Waals surface area contributed by atoms with E-state index in [2.05, 4.69) is 27.6 Å². The van der Waals surface area contributed by atoms with Crippen LogP contribution in [0.15, 0.2) is 12.1 Å². The molecule has 4 rings (SSSR count). The smallest absolute Gasteiger partial charge is 0.291 e. The number of aromatic nitrogens is 3. The van der Waals surface area contributed by atoms with Crippen LogP contribution < -0.4 is 15.4 Å². The third-order valence-corrected chi connectivity index (χ3v) is 5.10. The summed E-state index contributed by atoms with van der Waals surface area (Å²) in [4.78, 5) is 29.3. The van der Waals surface area contributed by atoms with E-state index in [1.54, 1.807) is 4.68 Å². The van der Waals surface area contributed by atoms with Crippen molar-refractivity contribution in [2.75, 3.05) is 11.9 Å². The van der Waals surface area contributed by atoms with Gasteiger partial charge in [0.2, 0.25) is 5.82 Å². The van der Waals surface area contributed by atoms with Gasteiger partial charge in [0, 0.05) is 18.6 Å². The molecule has 8 nitrogen and oxygen atoms in total. The molecule has 2 N–H and O–H groups in total. The van der Waals surface area contributed by atoms with E-state index in [0.29, 0.717) is 6.07 Å². The largest absolute Gasteiger partial charge is 0.488 e. The lowest BCUT2D eigenvalue weighted by atomic mass is 10.0. The highest BCUT2D eigenvalue weighted by Crippen LogP contribution is 2.31. The molecule has 1 aromatic carbocycles. The molecule has 0 radical (unpaired) electrons. The van der Waals surface area contributed by atoms with Crippen LogP contribution in [0.1, 0.15) is 55.1 Å². The highest BCUT2D eigenvalue weighted by atomic mass is 19.1. The van der Waals surface area contributed by atoms with E-state index in [1.807, 2.05) is 0 Å². The number of halogens is 2. The molecule has 0 saturated heterocycles. The first-order valence-electron chi connectivity index (χ1n) is 9.65. The molecule has 0 saturated carbocycles. The first-order valence-corrected chi connectivity index (χ1v) is 9.65. The minimum atomic E-state index is -1.11. The lowest BCUT2D eigenvalue weighted by molar-refractivity contribution is -0.118. The summed E-state index contributed by atoms with van der Waals surface area (Å²) in [7, 11) is 0. The molecule has 2 atom stereocenters. The van der Waals surface area contributed by atoms with E-state index in [1.165, 1.54) is 0 Å². The second-order valence-electron chi connectivity index (χ2n) is 7.22. The molecule has 3 heterocycles. The summed E-state index contributed by atoms with van der Waals surface area (Å²) in [6, 6.07) is 0.731. The van der Waals surface area contributed by atoms with Gasteiger partial charge in [-0.3, -0.25) is 9.59 Å².